The lowest BCUT2D eigenvalue weighted by molar-refractivity contribution is 0.137. The predicted octanol–water partition coefficient (Wildman–Crippen LogP) is 2.31. The van der Waals surface area contributed by atoms with Crippen LogP contribution in [0.2, 0.25) is 0 Å². The van der Waals surface area contributed by atoms with E-state index >= 15 is 0 Å². The summed E-state index contributed by atoms with van der Waals surface area (Å²) in [5.41, 5.74) is 1.26. The van der Waals surface area contributed by atoms with E-state index in [0.29, 0.717) is 11.0 Å². The summed E-state index contributed by atoms with van der Waals surface area (Å²) in [7, 11) is 1.58. The molecule has 0 aliphatic heterocycles. The van der Waals surface area contributed by atoms with E-state index in [9.17, 15) is 8.78 Å². The fraction of sp³-hybridized carbons (Fsp3) is 0.222. The molecule has 1 aromatic carbocycles. The van der Waals surface area contributed by atoms with E-state index in [1.807, 2.05) is 0 Å². The number of rotatable bonds is 1. The van der Waals surface area contributed by atoms with Gasteiger partial charge in [-0.25, -0.2) is 13.8 Å². The van der Waals surface area contributed by atoms with Crippen molar-refractivity contribution in [1.29, 1.82) is 0 Å². The molecule has 67 valence electrons. The van der Waals surface area contributed by atoms with Crippen LogP contribution in [0.4, 0.5) is 8.78 Å². The number of nitrogens with zero attached hydrogens (tertiary/aromatic N) is 2. The molecule has 0 aliphatic rings. The lowest BCUT2D eigenvalue weighted by Gasteiger charge is -1.98. The molecule has 2 aromatic rings. The number of imidazole rings is 1. The SMILES string of the molecule is Cn1c(C(F)F)nc2c[c]ccc21. The lowest BCUT2D eigenvalue weighted by atomic mass is 10.3. The van der Waals surface area contributed by atoms with Gasteiger partial charge in [-0.2, -0.15) is 0 Å². The number of aromatic nitrogens is 2. The van der Waals surface area contributed by atoms with Crippen LogP contribution >= 0.6 is 0 Å². The topological polar surface area (TPSA) is 17.8 Å². The summed E-state index contributed by atoms with van der Waals surface area (Å²) in [6.45, 7) is 0. The highest BCUT2D eigenvalue weighted by Crippen LogP contribution is 2.22. The number of aryl methyl sites for hydroxylation is 1. The zero-order valence-electron chi connectivity index (χ0n) is 6.96. The van der Waals surface area contributed by atoms with Gasteiger partial charge >= 0.3 is 0 Å². The van der Waals surface area contributed by atoms with Gasteiger partial charge in [-0.1, -0.05) is 6.07 Å². The highest BCUT2D eigenvalue weighted by Gasteiger charge is 2.15. The zero-order chi connectivity index (χ0) is 9.42. The number of hydrogen-bond acceptors (Lipinski definition) is 1. The standard InChI is InChI=1S/C9H7F2N2/c1-13-7-5-3-2-4-6(7)12-9(13)8(10)11/h3-5,8H,1H3. The predicted molar refractivity (Wildman–Crippen MR) is 44.5 cm³/mol. The Hall–Kier alpha value is -1.45. The van der Waals surface area contributed by atoms with Gasteiger partial charge in [-0.05, 0) is 18.2 Å². The second-order valence-electron chi connectivity index (χ2n) is 2.74. The van der Waals surface area contributed by atoms with Crippen LogP contribution in [0.3, 0.4) is 0 Å². The molecule has 1 heterocycles. The largest absolute Gasteiger partial charge is 0.326 e. The van der Waals surface area contributed by atoms with Crippen LogP contribution in [0.5, 0.6) is 0 Å². The molecule has 13 heavy (non-hydrogen) atoms. The molecule has 1 aromatic heterocycles. The third-order valence-electron chi connectivity index (χ3n) is 1.96. The van der Waals surface area contributed by atoms with Crippen molar-refractivity contribution in [1.82, 2.24) is 9.55 Å². The van der Waals surface area contributed by atoms with E-state index in [1.165, 1.54) is 4.57 Å². The first-order valence-electron chi connectivity index (χ1n) is 3.80. The summed E-state index contributed by atoms with van der Waals surface area (Å²) in [5, 5.41) is 0. The van der Waals surface area contributed by atoms with Crippen LogP contribution in [0.1, 0.15) is 12.2 Å². The van der Waals surface area contributed by atoms with E-state index in [-0.39, 0.29) is 5.82 Å². The second-order valence-corrected chi connectivity index (χ2v) is 2.74. The third kappa shape index (κ3) is 1.18. The van der Waals surface area contributed by atoms with Gasteiger partial charge in [0.1, 0.15) is 0 Å². The van der Waals surface area contributed by atoms with Crippen molar-refractivity contribution in [3.05, 3.63) is 30.1 Å². The molecule has 2 nitrogen and oxygen atoms in total. The summed E-state index contributed by atoms with van der Waals surface area (Å²) < 4.78 is 26.1. The lowest BCUT2D eigenvalue weighted by Crippen LogP contribution is -1.97. The van der Waals surface area contributed by atoms with Crippen molar-refractivity contribution in [2.45, 2.75) is 6.43 Å². The fourth-order valence-electron chi connectivity index (χ4n) is 1.30. The van der Waals surface area contributed by atoms with Gasteiger partial charge in [-0.15, -0.1) is 0 Å². The van der Waals surface area contributed by atoms with E-state index < -0.39 is 6.43 Å². The maximum atomic E-state index is 12.4. The van der Waals surface area contributed by atoms with Gasteiger partial charge in [0, 0.05) is 7.05 Å². The minimum atomic E-state index is -2.53. The Bertz CT molecular complexity index is 434. The zero-order valence-corrected chi connectivity index (χ0v) is 6.96. The summed E-state index contributed by atoms with van der Waals surface area (Å²) in [5.74, 6) is -0.199. The molecule has 0 N–H and O–H groups in total. The van der Waals surface area contributed by atoms with Crippen molar-refractivity contribution in [2.24, 2.45) is 7.05 Å². The maximum Gasteiger partial charge on any atom is 0.295 e. The van der Waals surface area contributed by atoms with Crippen molar-refractivity contribution < 1.29 is 8.78 Å². The van der Waals surface area contributed by atoms with Gasteiger partial charge in [0.15, 0.2) is 5.82 Å². The summed E-state index contributed by atoms with van der Waals surface area (Å²) in [6.07, 6.45) is -2.53. The highest BCUT2D eigenvalue weighted by molar-refractivity contribution is 5.75. The molecule has 4 heteroatoms. The first-order chi connectivity index (χ1) is 6.20. The quantitative estimate of drug-likeness (QED) is 0.660. The van der Waals surface area contributed by atoms with Crippen molar-refractivity contribution in [2.75, 3.05) is 0 Å². The Kier molecular flexibility index (Phi) is 1.76. The van der Waals surface area contributed by atoms with Crippen LogP contribution in [-0.2, 0) is 7.05 Å². The van der Waals surface area contributed by atoms with E-state index in [4.69, 9.17) is 0 Å². The number of fused-ring (bicyclic) bond motifs is 1. The minimum Gasteiger partial charge on any atom is -0.326 e. The Morgan fingerprint density at radius 2 is 2.31 bits per heavy atom. The Morgan fingerprint density at radius 3 is 2.92 bits per heavy atom. The van der Waals surface area contributed by atoms with Crippen molar-refractivity contribution in [3.8, 4) is 0 Å². The number of benzene rings is 1. The first kappa shape index (κ1) is 8.16. The molecule has 0 amide bonds. The molecule has 2 rings (SSSR count). The third-order valence-corrected chi connectivity index (χ3v) is 1.96. The smallest absolute Gasteiger partial charge is 0.295 e. The summed E-state index contributed by atoms with van der Waals surface area (Å²) in [4.78, 5) is 3.79. The van der Waals surface area contributed by atoms with Gasteiger partial charge in [0.05, 0.1) is 11.0 Å². The molecule has 0 atom stereocenters. The molecule has 0 saturated heterocycles. The van der Waals surface area contributed by atoms with Crippen LogP contribution in [0, 0.1) is 6.07 Å². The van der Waals surface area contributed by atoms with Crippen LogP contribution < -0.4 is 0 Å². The van der Waals surface area contributed by atoms with Crippen molar-refractivity contribution >= 4 is 11.0 Å². The van der Waals surface area contributed by atoms with Gasteiger partial charge in [0.25, 0.3) is 6.43 Å². The number of alkyl halides is 2. The van der Waals surface area contributed by atoms with E-state index in [1.54, 1.807) is 25.2 Å². The van der Waals surface area contributed by atoms with Gasteiger partial charge in [-0.3, -0.25) is 0 Å². The Balaban J connectivity index is 2.74. The summed E-state index contributed by atoms with van der Waals surface area (Å²) in [6, 6.07) is 7.79. The van der Waals surface area contributed by atoms with Crippen LogP contribution in [-0.4, -0.2) is 9.55 Å². The van der Waals surface area contributed by atoms with Crippen LogP contribution in [0.25, 0.3) is 11.0 Å². The number of hydrogen-bond donors (Lipinski definition) is 0. The number of halogens is 2. The Morgan fingerprint density at radius 1 is 1.54 bits per heavy atom. The van der Waals surface area contributed by atoms with E-state index in [0.717, 1.165) is 0 Å². The molecule has 0 fully saturated rings. The second kappa shape index (κ2) is 2.80. The molecule has 0 saturated carbocycles. The van der Waals surface area contributed by atoms with Crippen molar-refractivity contribution in [3.63, 3.8) is 0 Å². The normalized spacial score (nSPS) is 11.4. The molecular formula is C9H7F2N2. The molecular weight excluding hydrogens is 174 g/mol. The maximum absolute atomic E-state index is 12.4. The molecule has 1 radical (unpaired) electrons. The Labute approximate surface area is 73.8 Å². The molecule has 0 bridgehead atoms. The molecule has 0 aliphatic carbocycles. The van der Waals surface area contributed by atoms with Gasteiger partial charge in [0.2, 0.25) is 0 Å². The van der Waals surface area contributed by atoms with Gasteiger partial charge < -0.3 is 4.57 Å². The fourth-order valence-corrected chi connectivity index (χ4v) is 1.30. The van der Waals surface area contributed by atoms with E-state index in [2.05, 4.69) is 11.1 Å². The highest BCUT2D eigenvalue weighted by atomic mass is 19.3. The average molecular weight is 181 g/mol. The molecule has 0 spiro atoms. The van der Waals surface area contributed by atoms with Crippen LogP contribution in [0.15, 0.2) is 18.2 Å². The average Bonchev–Trinajstić information content (AvgIpc) is 2.45. The minimum absolute atomic E-state index is 0.199. The summed E-state index contributed by atoms with van der Waals surface area (Å²) >= 11 is 0. The molecule has 0 unspecified atom stereocenters. The first-order valence-corrected chi connectivity index (χ1v) is 3.80. The monoisotopic (exact) mass is 181 g/mol.